The highest BCUT2D eigenvalue weighted by molar-refractivity contribution is 7.99. The van der Waals surface area contributed by atoms with Crippen molar-refractivity contribution >= 4 is 39.3 Å². The van der Waals surface area contributed by atoms with E-state index in [0.29, 0.717) is 33.3 Å². The molecule has 0 atom stereocenters. The molecule has 0 spiro atoms. The molecule has 0 aromatic carbocycles. The Bertz CT molecular complexity index is 933. The molecule has 0 aliphatic rings. The first-order valence-corrected chi connectivity index (χ1v) is 8.85. The van der Waals surface area contributed by atoms with E-state index in [1.54, 1.807) is 20.8 Å². The van der Waals surface area contributed by atoms with Gasteiger partial charge in [0.25, 0.3) is 0 Å². The highest BCUT2D eigenvalue weighted by Crippen LogP contribution is 2.37. The van der Waals surface area contributed by atoms with Gasteiger partial charge < -0.3 is 10.6 Å². The molecule has 3 rings (SSSR count). The van der Waals surface area contributed by atoms with Gasteiger partial charge in [-0.25, -0.2) is 19.4 Å². The average Bonchev–Trinajstić information content (AvgIpc) is 3.02. The standard InChI is InChI=1S/C14H16N6O2S2/c1-5-22-13(21)10-6(2)9-11(23-10)16-7(3)17-12(9)24-14-19-18-8(4)20(14)15/h5,15H2,1-4H3. The van der Waals surface area contributed by atoms with Gasteiger partial charge >= 0.3 is 5.97 Å². The third-order valence-electron chi connectivity index (χ3n) is 3.35. The van der Waals surface area contributed by atoms with Crippen LogP contribution in [0.4, 0.5) is 0 Å². The second-order valence-electron chi connectivity index (χ2n) is 5.03. The van der Waals surface area contributed by atoms with E-state index >= 15 is 0 Å². The molecule has 0 aliphatic carbocycles. The van der Waals surface area contributed by atoms with Gasteiger partial charge in [-0.1, -0.05) is 0 Å². The van der Waals surface area contributed by atoms with Crippen molar-refractivity contribution in [1.82, 2.24) is 24.8 Å². The van der Waals surface area contributed by atoms with E-state index < -0.39 is 0 Å². The lowest BCUT2D eigenvalue weighted by Gasteiger charge is -2.05. The third-order valence-corrected chi connectivity index (χ3v) is 5.47. The van der Waals surface area contributed by atoms with Crippen molar-refractivity contribution in [3.05, 3.63) is 22.1 Å². The Morgan fingerprint density at radius 1 is 1.29 bits per heavy atom. The Balaban J connectivity index is 2.13. The van der Waals surface area contributed by atoms with Crippen LogP contribution in [0.5, 0.6) is 0 Å². The summed E-state index contributed by atoms with van der Waals surface area (Å²) < 4.78 is 6.52. The molecular formula is C14H16N6O2S2. The fourth-order valence-corrected chi connectivity index (χ4v) is 4.37. The van der Waals surface area contributed by atoms with Gasteiger partial charge in [0, 0.05) is 5.39 Å². The van der Waals surface area contributed by atoms with Crippen LogP contribution < -0.4 is 5.84 Å². The first kappa shape index (κ1) is 16.7. The molecule has 0 unspecified atom stereocenters. The van der Waals surface area contributed by atoms with E-state index in [0.717, 1.165) is 15.8 Å². The summed E-state index contributed by atoms with van der Waals surface area (Å²) in [5.41, 5.74) is 0.802. The molecule has 0 radical (unpaired) electrons. The van der Waals surface area contributed by atoms with Crippen molar-refractivity contribution in [1.29, 1.82) is 0 Å². The number of thiophene rings is 1. The van der Waals surface area contributed by atoms with E-state index in [-0.39, 0.29) is 5.97 Å². The molecule has 0 aliphatic heterocycles. The van der Waals surface area contributed by atoms with Crippen molar-refractivity contribution in [3.63, 3.8) is 0 Å². The number of hydrogen-bond donors (Lipinski definition) is 1. The van der Waals surface area contributed by atoms with E-state index in [1.165, 1.54) is 27.8 Å². The molecular weight excluding hydrogens is 348 g/mol. The zero-order valence-corrected chi connectivity index (χ0v) is 15.3. The monoisotopic (exact) mass is 364 g/mol. The summed E-state index contributed by atoms with van der Waals surface area (Å²) >= 11 is 2.61. The molecule has 0 bridgehead atoms. The number of aryl methyl sites for hydroxylation is 3. The Morgan fingerprint density at radius 3 is 2.67 bits per heavy atom. The minimum atomic E-state index is -0.343. The van der Waals surface area contributed by atoms with E-state index in [2.05, 4.69) is 20.2 Å². The lowest BCUT2D eigenvalue weighted by Crippen LogP contribution is -2.11. The molecule has 24 heavy (non-hydrogen) atoms. The zero-order valence-electron chi connectivity index (χ0n) is 13.7. The molecule has 10 heteroatoms. The van der Waals surface area contributed by atoms with Crippen LogP contribution in [0.2, 0.25) is 0 Å². The summed E-state index contributed by atoms with van der Waals surface area (Å²) in [5, 5.41) is 10.0. The van der Waals surface area contributed by atoms with Crippen LogP contribution in [0.15, 0.2) is 10.2 Å². The van der Waals surface area contributed by atoms with Gasteiger partial charge in [0.1, 0.15) is 26.4 Å². The van der Waals surface area contributed by atoms with Crippen molar-refractivity contribution in [2.45, 2.75) is 37.9 Å². The van der Waals surface area contributed by atoms with Crippen LogP contribution in [0.25, 0.3) is 10.2 Å². The molecule has 126 valence electrons. The number of rotatable bonds is 4. The van der Waals surface area contributed by atoms with Crippen LogP contribution in [0.1, 0.15) is 33.8 Å². The molecule has 2 N–H and O–H groups in total. The normalized spacial score (nSPS) is 11.2. The number of hydrogen-bond acceptors (Lipinski definition) is 9. The third kappa shape index (κ3) is 2.82. The quantitative estimate of drug-likeness (QED) is 0.426. The first-order chi connectivity index (χ1) is 11.4. The van der Waals surface area contributed by atoms with Crippen LogP contribution in [-0.4, -0.2) is 37.4 Å². The largest absolute Gasteiger partial charge is 0.462 e. The summed E-state index contributed by atoms with van der Waals surface area (Å²) in [6, 6.07) is 0. The average molecular weight is 364 g/mol. The van der Waals surface area contributed by atoms with E-state index in [4.69, 9.17) is 10.6 Å². The molecule has 0 amide bonds. The molecule has 3 aromatic rings. The van der Waals surface area contributed by atoms with E-state index in [9.17, 15) is 4.79 Å². The number of ether oxygens (including phenoxy) is 1. The van der Waals surface area contributed by atoms with Gasteiger partial charge in [0.2, 0.25) is 5.16 Å². The SMILES string of the molecule is CCOC(=O)c1sc2nc(C)nc(Sc3nnc(C)n3N)c2c1C. The predicted octanol–water partition coefficient (Wildman–Crippen LogP) is 2.25. The zero-order chi connectivity index (χ0) is 17.4. The summed E-state index contributed by atoms with van der Waals surface area (Å²) in [7, 11) is 0. The number of esters is 1. The van der Waals surface area contributed by atoms with Gasteiger partial charge in [0.05, 0.1) is 6.61 Å². The molecule has 3 heterocycles. The minimum absolute atomic E-state index is 0.328. The number of nitrogen functional groups attached to an aromatic ring is 1. The van der Waals surface area contributed by atoms with Gasteiger partial charge in [0.15, 0.2) is 0 Å². The van der Waals surface area contributed by atoms with Gasteiger partial charge in [-0.2, -0.15) is 0 Å². The van der Waals surface area contributed by atoms with Crippen LogP contribution in [0.3, 0.4) is 0 Å². The maximum Gasteiger partial charge on any atom is 0.348 e. The van der Waals surface area contributed by atoms with Crippen LogP contribution in [-0.2, 0) is 4.74 Å². The highest BCUT2D eigenvalue weighted by atomic mass is 32.2. The Labute approximate surface area is 146 Å². The number of carbonyl (C=O) groups excluding carboxylic acids is 1. The predicted molar refractivity (Wildman–Crippen MR) is 91.9 cm³/mol. The molecule has 0 saturated carbocycles. The van der Waals surface area contributed by atoms with Gasteiger partial charge in [-0.3, -0.25) is 0 Å². The number of nitrogens with two attached hydrogens (primary N) is 1. The summed E-state index contributed by atoms with van der Waals surface area (Å²) in [5.74, 6) is 6.79. The fraction of sp³-hybridized carbons (Fsp3) is 0.357. The lowest BCUT2D eigenvalue weighted by molar-refractivity contribution is 0.0531. The Hall–Kier alpha value is -2.20. The second kappa shape index (κ2) is 6.36. The second-order valence-corrected chi connectivity index (χ2v) is 6.99. The molecule has 8 nitrogen and oxygen atoms in total. The van der Waals surface area contributed by atoms with Gasteiger partial charge in [-0.15, -0.1) is 21.5 Å². The lowest BCUT2D eigenvalue weighted by atomic mass is 10.2. The molecule has 3 aromatic heterocycles. The van der Waals surface area contributed by atoms with Gasteiger partial charge in [-0.05, 0) is 45.0 Å². The summed E-state index contributed by atoms with van der Waals surface area (Å²) in [6.45, 7) is 7.55. The number of carbonyl (C=O) groups is 1. The molecule has 0 fully saturated rings. The van der Waals surface area contributed by atoms with Crippen molar-refractivity contribution < 1.29 is 9.53 Å². The number of aromatic nitrogens is 5. The highest BCUT2D eigenvalue weighted by Gasteiger charge is 2.22. The topological polar surface area (TPSA) is 109 Å². The van der Waals surface area contributed by atoms with Crippen molar-refractivity contribution in [2.75, 3.05) is 12.4 Å². The van der Waals surface area contributed by atoms with E-state index in [1.807, 2.05) is 6.92 Å². The number of fused-ring (bicyclic) bond motifs is 1. The summed E-state index contributed by atoms with van der Waals surface area (Å²) in [4.78, 5) is 22.4. The fourth-order valence-electron chi connectivity index (χ4n) is 2.17. The van der Waals surface area contributed by atoms with Crippen LogP contribution >= 0.6 is 23.1 Å². The first-order valence-electron chi connectivity index (χ1n) is 7.22. The van der Waals surface area contributed by atoms with Crippen molar-refractivity contribution in [3.8, 4) is 0 Å². The number of nitrogens with zero attached hydrogens (tertiary/aromatic N) is 5. The van der Waals surface area contributed by atoms with Crippen LogP contribution in [0, 0.1) is 20.8 Å². The maximum absolute atomic E-state index is 12.1. The Morgan fingerprint density at radius 2 is 2.04 bits per heavy atom. The smallest absolute Gasteiger partial charge is 0.348 e. The molecule has 0 saturated heterocycles. The minimum Gasteiger partial charge on any atom is -0.462 e. The summed E-state index contributed by atoms with van der Waals surface area (Å²) in [6.07, 6.45) is 0. The van der Waals surface area contributed by atoms with Crippen molar-refractivity contribution in [2.24, 2.45) is 0 Å². The Kier molecular flexibility index (Phi) is 4.41. The maximum atomic E-state index is 12.1.